The summed E-state index contributed by atoms with van der Waals surface area (Å²) >= 11 is 1.31. The Labute approximate surface area is 219 Å². The van der Waals surface area contributed by atoms with Gasteiger partial charge in [0.25, 0.3) is 5.91 Å². The summed E-state index contributed by atoms with van der Waals surface area (Å²) in [4.78, 5) is 45.1. The molecule has 10 heteroatoms. The minimum absolute atomic E-state index is 0.236. The average Bonchev–Trinajstić information content (AvgIpc) is 3.54. The summed E-state index contributed by atoms with van der Waals surface area (Å²) < 4.78 is 0.915. The number of amides is 2. The number of para-hydroxylation sites is 1. The van der Waals surface area contributed by atoms with E-state index in [1.54, 1.807) is 0 Å². The summed E-state index contributed by atoms with van der Waals surface area (Å²) in [7, 11) is 0. The molecule has 0 spiro atoms. The molecule has 5 N–H and O–H groups in total. The molecule has 5 rings (SSSR count). The van der Waals surface area contributed by atoms with E-state index in [0.717, 1.165) is 15.8 Å². The van der Waals surface area contributed by atoms with Crippen LogP contribution in [0.15, 0.2) is 54.6 Å². The van der Waals surface area contributed by atoms with Gasteiger partial charge < -0.3 is 16.8 Å². The molecule has 2 saturated heterocycles. The number of carbonyl (C=O) groups is 3. The van der Waals surface area contributed by atoms with Gasteiger partial charge in [-0.05, 0) is 56.3 Å². The number of hydrogen-bond acceptors (Lipinski definition) is 8. The van der Waals surface area contributed by atoms with Crippen LogP contribution in [0.2, 0.25) is 0 Å². The van der Waals surface area contributed by atoms with Crippen molar-refractivity contribution < 1.29 is 14.4 Å². The molecule has 3 aromatic rings. The Morgan fingerprint density at radius 2 is 1.89 bits per heavy atom. The molecule has 0 radical (unpaired) electrons. The number of nitrogens with two attached hydrogens (primary N) is 2. The fraction of sp³-hybridized carbons (Fsp3) is 0.407. The van der Waals surface area contributed by atoms with Gasteiger partial charge in [-0.15, -0.1) is 11.3 Å². The van der Waals surface area contributed by atoms with Gasteiger partial charge >= 0.3 is 0 Å². The monoisotopic (exact) mass is 520 g/mol. The highest BCUT2D eigenvalue weighted by Crippen LogP contribution is 2.31. The molecule has 3 heterocycles. The fourth-order valence-corrected chi connectivity index (χ4v) is 6.16. The molecule has 2 aliphatic rings. The van der Waals surface area contributed by atoms with Gasteiger partial charge in [0.2, 0.25) is 11.7 Å². The first-order chi connectivity index (χ1) is 17.9. The first kappa shape index (κ1) is 25.5. The third-order valence-electron chi connectivity index (χ3n) is 7.21. The lowest BCUT2D eigenvalue weighted by atomic mass is 9.85. The van der Waals surface area contributed by atoms with E-state index < -0.39 is 17.6 Å². The third kappa shape index (κ3) is 5.15. The lowest BCUT2D eigenvalue weighted by molar-refractivity contribution is -0.165. The Kier molecular flexibility index (Phi) is 7.34. The normalized spacial score (nSPS) is 22.7. The lowest BCUT2D eigenvalue weighted by Gasteiger charge is -2.44. The van der Waals surface area contributed by atoms with E-state index in [1.165, 1.54) is 16.3 Å². The smallest absolute Gasteiger partial charge is 0.258 e. The van der Waals surface area contributed by atoms with E-state index in [0.29, 0.717) is 56.7 Å². The topological polar surface area (TPSA) is 135 Å². The summed E-state index contributed by atoms with van der Waals surface area (Å²) in [5.41, 5.74) is 13.0. The zero-order valence-corrected chi connectivity index (χ0v) is 21.5. The second kappa shape index (κ2) is 10.7. The number of rotatable bonds is 9. The molecule has 9 nitrogen and oxygen atoms in total. The first-order valence-electron chi connectivity index (χ1n) is 12.7. The number of carbonyl (C=O) groups excluding carboxylic acids is 3. The number of benzene rings is 2. The number of ketones is 1. The van der Waals surface area contributed by atoms with Crippen LogP contribution in [0.5, 0.6) is 0 Å². The molecule has 2 fully saturated rings. The molecule has 2 aromatic carbocycles. The molecular weight excluding hydrogens is 488 g/mol. The predicted molar refractivity (Wildman–Crippen MR) is 143 cm³/mol. The summed E-state index contributed by atoms with van der Waals surface area (Å²) in [6.07, 6.45) is 2.37. The van der Waals surface area contributed by atoms with Crippen LogP contribution in [0.4, 0.5) is 0 Å². The van der Waals surface area contributed by atoms with Crippen molar-refractivity contribution >= 4 is 39.2 Å². The lowest BCUT2D eigenvalue weighted by Crippen LogP contribution is -2.67. The van der Waals surface area contributed by atoms with E-state index in [1.807, 2.05) is 59.6 Å². The Hall–Kier alpha value is -3.18. The van der Waals surface area contributed by atoms with E-state index in [2.05, 4.69) is 10.3 Å². The maximum absolute atomic E-state index is 13.6. The molecule has 194 valence electrons. The van der Waals surface area contributed by atoms with Crippen molar-refractivity contribution in [3.8, 4) is 0 Å². The van der Waals surface area contributed by atoms with Crippen molar-refractivity contribution in [1.29, 1.82) is 0 Å². The Morgan fingerprint density at radius 3 is 2.65 bits per heavy atom. The van der Waals surface area contributed by atoms with Crippen molar-refractivity contribution in [3.05, 3.63) is 65.2 Å². The zero-order valence-electron chi connectivity index (χ0n) is 20.6. The van der Waals surface area contributed by atoms with Crippen molar-refractivity contribution in [1.82, 2.24) is 20.3 Å². The van der Waals surface area contributed by atoms with E-state index in [-0.39, 0.29) is 17.6 Å². The fourth-order valence-electron chi connectivity index (χ4n) is 5.20. The van der Waals surface area contributed by atoms with Crippen LogP contribution in [0.25, 0.3) is 10.2 Å². The van der Waals surface area contributed by atoms with E-state index in [9.17, 15) is 14.4 Å². The number of hydrogen-bond donors (Lipinski definition) is 3. The Bertz CT molecular complexity index is 1260. The van der Waals surface area contributed by atoms with Crippen LogP contribution in [-0.2, 0) is 16.0 Å². The van der Waals surface area contributed by atoms with Crippen LogP contribution < -0.4 is 16.8 Å². The first-order valence-corrected chi connectivity index (χ1v) is 13.5. The van der Waals surface area contributed by atoms with Crippen LogP contribution in [0, 0.1) is 0 Å². The summed E-state index contributed by atoms with van der Waals surface area (Å²) in [5.74, 6) is -0.840. The Balaban J connectivity index is 1.33. The van der Waals surface area contributed by atoms with E-state index in [4.69, 9.17) is 11.5 Å². The van der Waals surface area contributed by atoms with Gasteiger partial charge in [-0.25, -0.2) is 9.99 Å². The molecule has 3 atom stereocenters. The number of nitrogens with zero attached hydrogens (tertiary/aromatic N) is 3. The van der Waals surface area contributed by atoms with Crippen LogP contribution in [0.3, 0.4) is 0 Å². The number of thiazole rings is 1. The maximum Gasteiger partial charge on any atom is 0.258 e. The Morgan fingerprint density at radius 1 is 1.14 bits per heavy atom. The largest absolute Gasteiger partial charge is 0.344 e. The second-order valence-electron chi connectivity index (χ2n) is 9.82. The number of aromatic nitrogens is 1. The van der Waals surface area contributed by atoms with Gasteiger partial charge in [0.05, 0.1) is 16.3 Å². The standard InChI is InChI=1S/C27H32N6O3S/c28-14-6-10-20(23(34)25-31-19-9-4-5-11-22(19)37-25)30-24(35)21-12-15-32-16-13-27(29,26(36)33(21)32)17-18-7-2-1-3-8-18/h1-5,7-9,11,20-21H,6,10,12-17,28-29H2,(H,30,35)/t20-,21-,27+/m0/s1. The minimum atomic E-state index is -1.09. The maximum atomic E-state index is 13.6. The number of hydrazine groups is 1. The van der Waals surface area contributed by atoms with E-state index >= 15 is 0 Å². The number of Topliss-reactive ketones (excluding diaryl/α,β-unsaturated/α-hetero) is 1. The highest BCUT2D eigenvalue weighted by atomic mass is 32.1. The van der Waals surface area contributed by atoms with Crippen molar-refractivity contribution in [2.24, 2.45) is 11.5 Å². The second-order valence-corrected chi connectivity index (χ2v) is 10.9. The predicted octanol–water partition coefficient (Wildman–Crippen LogP) is 1.86. The molecule has 0 aliphatic carbocycles. The molecular formula is C27H32N6O3S. The van der Waals surface area contributed by atoms with Gasteiger partial charge in [-0.2, -0.15) is 0 Å². The summed E-state index contributed by atoms with van der Waals surface area (Å²) in [6, 6.07) is 15.8. The van der Waals surface area contributed by atoms with Crippen molar-refractivity contribution in [3.63, 3.8) is 0 Å². The highest BCUT2D eigenvalue weighted by Gasteiger charge is 2.51. The molecule has 2 amide bonds. The van der Waals surface area contributed by atoms with Gasteiger partial charge in [0, 0.05) is 13.1 Å². The van der Waals surface area contributed by atoms with Gasteiger partial charge in [0.15, 0.2) is 5.01 Å². The quantitative estimate of drug-likeness (QED) is 0.367. The van der Waals surface area contributed by atoms with Gasteiger partial charge in [-0.3, -0.25) is 19.4 Å². The highest BCUT2D eigenvalue weighted by molar-refractivity contribution is 7.20. The molecule has 2 aliphatic heterocycles. The number of fused-ring (bicyclic) bond motifs is 2. The van der Waals surface area contributed by atoms with Gasteiger partial charge in [0.1, 0.15) is 11.6 Å². The molecule has 0 unspecified atom stereocenters. The average molecular weight is 521 g/mol. The van der Waals surface area contributed by atoms with Crippen LogP contribution in [0.1, 0.15) is 41.0 Å². The van der Waals surface area contributed by atoms with Gasteiger partial charge in [-0.1, -0.05) is 42.5 Å². The third-order valence-corrected chi connectivity index (χ3v) is 8.26. The molecule has 0 saturated carbocycles. The summed E-state index contributed by atoms with van der Waals surface area (Å²) in [6.45, 7) is 1.58. The number of nitrogens with one attached hydrogen (secondary N) is 1. The SMILES string of the molecule is NCCC[C@H](NC(=O)[C@@H]1CCN2CC[C@@](N)(Cc3ccccc3)C(=O)N12)C(=O)c1nc2ccccc2s1. The minimum Gasteiger partial charge on any atom is -0.344 e. The zero-order chi connectivity index (χ0) is 26.0. The van der Waals surface area contributed by atoms with Crippen molar-refractivity contribution in [2.45, 2.75) is 49.7 Å². The summed E-state index contributed by atoms with van der Waals surface area (Å²) in [5, 5.41) is 6.73. The van der Waals surface area contributed by atoms with Crippen LogP contribution in [-0.4, -0.2) is 69.9 Å². The van der Waals surface area contributed by atoms with Crippen molar-refractivity contribution in [2.75, 3.05) is 19.6 Å². The molecule has 0 bridgehead atoms. The molecule has 37 heavy (non-hydrogen) atoms. The molecule has 1 aromatic heterocycles. The van der Waals surface area contributed by atoms with Crippen LogP contribution >= 0.6 is 11.3 Å².